The average molecular weight is 155 g/mol. The molecule has 11 heavy (non-hydrogen) atoms. The monoisotopic (exact) mass is 155 g/mol. The molecule has 2 heteroatoms. The average Bonchev–Trinajstić information content (AvgIpc) is 2.05. The Morgan fingerprint density at radius 1 is 1.55 bits per heavy atom. The highest BCUT2D eigenvalue weighted by Gasteiger charge is 2.02. The minimum absolute atomic E-state index is 0.290. The molecule has 0 fully saturated rings. The van der Waals surface area contributed by atoms with Crippen LogP contribution in [0, 0.1) is 5.82 Å². The van der Waals surface area contributed by atoms with Crippen molar-refractivity contribution in [1.29, 1.82) is 0 Å². The van der Waals surface area contributed by atoms with Gasteiger partial charge in [0.1, 0.15) is 5.82 Å². The number of aliphatic hydroxyl groups is 1. The van der Waals surface area contributed by atoms with Gasteiger partial charge in [-0.3, -0.25) is 0 Å². The fourth-order valence-corrected chi connectivity index (χ4v) is 0.846. The molecule has 0 saturated heterocycles. The van der Waals surface area contributed by atoms with Crippen LogP contribution in [0.4, 0.5) is 4.39 Å². The summed E-state index contributed by atoms with van der Waals surface area (Å²) in [6, 6.07) is 5.33. The number of hydrogen-bond acceptors (Lipinski definition) is 1. The summed E-state index contributed by atoms with van der Waals surface area (Å²) in [7, 11) is 0. The Bertz CT molecular complexity index is 256. The lowest BCUT2D eigenvalue weighted by Crippen LogP contribution is -1.94. The molecule has 1 N–H and O–H groups in total. The number of benzene rings is 1. The van der Waals surface area contributed by atoms with Crippen LogP contribution in [0.1, 0.15) is 26.4 Å². The summed E-state index contributed by atoms with van der Waals surface area (Å²) in [5, 5.41) is 9.43. The fraction of sp³-hybridized carbons (Fsp3) is 0.333. The second-order valence-electron chi connectivity index (χ2n) is 2.31. The van der Waals surface area contributed by atoms with Crippen LogP contribution in [0.2, 0.25) is 0 Å². The summed E-state index contributed by atoms with van der Waals surface area (Å²) in [5.41, 5.74) is 0.423. The molecule has 0 aliphatic heterocycles. The number of halogens is 1. The van der Waals surface area contributed by atoms with Gasteiger partial charge in [0.05, 0.1) is 7.45 Å². The normalized spacial score (nSPS) is 17.2. The van der Waals surface area contributed by atoms with E-state index in [0.717, 1.165) is 0 Å². The maximum absolute atomic E-state index is 12.4. The molecule has 60 valence electrons. The Kier molecular flexibility index (Phi) is 2.15. The maximum Gasteiger partial charge on any atom is 0.123 e. The van der Waals surface area contributed by atoms with E-state index in [0.29, 0.717) is 12.0 Å². The lowest BCUT2D eigenvalue weighted by molar-refractivity contribution is 0.173. The van der Waals surface area contributed by atoms with Crippen molar-refractivity contribution in [3.05, 3.63) is 35.6 Å². The zero-order valence-corrected chi connectivity index (χ0v) is 6.34. The molecule has 0 aromatic heterocycles. The molecule has 1 rings (SSSR count). The van der Waals surface area contributed by atoms with E-state index in [1.54, 1.807) is 6.92 Å². The van der Waals surface area contributed by atoms with E-state index >= 15 is 0 Å². The van der Waals surface area contributed by atoms with Gasteiger partial charge in [-0.15, -0.1) is 0 Å². The van der Waals surface area contributed by atoms with Crippen molar-refractivity contribution in [2.75, 3.05) is 0 Å². The minimum atomic E-state index is -1.59. The highest BCUT2D eigenvalue weighted by Crippen LogP contribution is 2.15. The Morgan fingerprint density at radius 2 is 2.09 bits per heavy atom. The number of rotatable bonds is 2. The van der Waals surface area contributed by atoms with Crippen LogP contribution >= 0.6 is 0 Å². The predicted octanol–water partition coefficient (Wildman–Crippen LogP) is 2.27. The van der Waals surface area contributed by atoms with Crippen LogP contribution in [0.5, 0.6) is 0 Å². The third-order valence-electron chi connectivity index (χ3n) is 1.51. The first kappa shape index (κ1) is 6.80. The van der Waals surface area contributed by atoms with Gasteiger partial charge in [0, 0.05) is 0 Å². The molecule has 0 spiro atoms. The molecule has 0 saturated carbocycles. The van der Waals surface area contributed by atoms with E-state index < -0.39 is 6.08 Å². The van der Waals surface area contributed by atoms with Crippen molar-refractivity contribution < 1.29 is 10.9 Å². The van der Waals surface area contributed by atoms with E-state index in [4.69, 9.17) is 1.37 Å². The smallest absolute Gasteiger partial charge is 0.123 e. The van der Waals surface area contributed by atoms with Gasteiger partial charge < -0.3 is 5.11 Å². The standard InChI is InChI=1S/C9H11FO/c1-2-9(11)7-3-5-8(10)6-4-7/h3-6,9,11H,2H2,1H3/i9D. The number of hydrogen-bond donors (Lipinski definition) is 1. The van der Waals surface area contributed by atoms with Crippen LogP contribution < -0.4 is 0 Å². The largest absolute Gasteiger partial charge is 0.388 e. The van der Waals surface area contributed by atoms with E-state index in [2.05, 4.69) is 0 Å². The molecular weight excluding hydrogens is 143 g/mol. The van der Waals surface area contributed by atoms with Gasteiger partial charge in [-0.25, -0.2) is 4.39 Å². The lowest BCUT2D eigenvalue weighted by atomic mass is 10.1. The molecule has 0 radical (unpaired) electrons. The first-order valence-electron chi connectivity index (χ1n) is 4.04. The van der Waals surface area contributed by atoms with Crippen LogP contribution in [-0.2, 0) is 0 Å². The first-order chi connectivity index (χ1) is 5.56. The summed E-state index contributed by atoms with van der Waals surface area (Å²) in [6.07, 6.45) is -1.30. The summed E-state index contributed by atoms with van der Waals surface area (Å²) >= 11 is 0. The van der Waals surface area contributed by atoms with Crippen molar-refractivity contribution in [2.45, 2.75) is 19.4 Å². The Hall–Kier alpha value is -0.890. The summed E-state index contributed by atoms with van der Waals surface area (Å²) in [4.78, 5) is 0. The van der Waals surface area contributed by atoms with Crippen LogP contribution in [-0.4, -0.2) is 5.11 Å². The van der Waals surface area contributed by atoms with Gasteiger partial charge in [0.25, 0.3) is 0 Å². The first-order valence-corrected chi connectivity index (χ1v) is 3.54. The second kappa shape index (κ2) is 3.49. The topological polar surface area (TPSA) is 20.2 Å². The minimum Gasteiger partial charge on any atom is -0.388 e. The van der Waals surface area contributed by atoms with Gasteiger partial charge in [-0.05, 0) is 24.1 Å². The third kappa shape index (κ3) is 2.02. The molecule has 1 aromatic carbocycles. The summed E-state index contributed by atoms with van der Waals surface area (Å²) in [5.74, 6) is -0.356. The Balaban J connectivity index is 2.96. The lowest BCUT2D eigenvalue weighted by Gasteiger charge is -2.06. The van der Waals surface area contributed by atoms with Crippen molar-refractivity contribution in [1.82, 2.24) is 0 Å². The van der Waals surface area contributed by atoms with Gasteiger partial charge in [0.15, 0.2) is 0 Å². The van der Waals surface area contributed by atoms with Gasteiger partial charge in [0.2, 0.25) is 0 Å². The summed E-state index contributed by atoms with van der Waals surface area (Å²) < 4.78 is 19.9. The van der Waals surface area contributed by atoms with Crippen LogP contribution in [0.25, 0.3) is 0 Å². The van der Waals surface area contributed by atoms with Gasteiger partial charge in [-0.2, -0.15) is 0 Å². The Labute approximate surface area is 66.9 Å². The van der Waals surface area contributed by atoms with Crippen molar-refractivity contribution in [3.63, 3.8) is 0 Å². The van der Waals surface area contributed by atoms with Crippen molar-refractivity contribution >= 4 is 0 Å². The molecule has 1 atom stereocenters. The molecule has 1 nitrogen and oxygen atoms in total. The van der Waals surface area contributed by atoms with Gasteiger partial charge >= 0.3 is 0 Å². The molecule has 1 unspecified atom stereocenters. The van der Waals surface area contributed by atoms with E-state index in [9.17, 15) is 9.50 Å². The van der Waals surface area contributed by atoms with Gasteiger partial charge in [-0.1, -0.05) is 19.1 Å². The van der Waals surface area contributed by atoms with E-state index in [-0.39, 0.29) is 5.82 Å². The quantitative estimate of drug-likeness (QED) is 0.694. The van der Waals surface area contributed by atoms with E-state index in [1.807, 2.05) is 0 Å². The second-order valence-corrected chi connectivity index (χ2v) is 2.31. The maximum atomic E-state index is 12.4. The molecule has 0 aliphatic rings. The highest BCUT2D eigenvalue weighted by molar-refractivity contribution is 5.18. The van der Waals surface area contributed by atoms with Crippen molar-refractivity contribution in [2.24, 2.45) is 0 Å². The predicted molar refractivity (Wildman–Crippen MR) is 41.7 cm³/mol. The molecule has 0 aliphatic carbocycles. The molecule has 1 aromatic rings. The zero-order valence-electron chi connectivity index (χ0n) is 7.34. The third-order valence-corrected chi connectivity index (χ3v) is 1.51. The molecule has 0 amide bonds. The van der Waals surface area contributed by atoms with Crippen molar-refractivity contribution in [3.8, 4) is 0 Å². The van der Waals surface area contributed by atoms with E-state index in [1.165, 1.54) is 24.3 Å². The summed E-state index contributed by atoms with van der Waals surface area (Å²) in [6.45, 7) is 1.70. The SMILES string of the molecule is [2H]C(O)(CC)c1ccc(F)cc1. The molecule has 0 bridgehead atoms. The fourth-order valence-electron chi connectivity index (χ4n) is 0.846. The molecular formula is C9H11FO. The molecule has 0 heterocycles. The Morgan fingerprint density at radius 3 is 2.55 bits per heavy atom. The van der Waals surface area contributed by atoms with Crippen LogP contribution in [0.3, 0.4) is 0 Å². The zero-order chi connectivity index (χ0) is 9.19. The highest BCUT2D eigenvalue weighted by atomic mass is 19.1. The van der Waals surface area contributed by atoms with Crippen LogP contribution in [0.15, 0.2) is 24.3 Å².